The molecule has 0 N–H and O–H groups in total. The number of hydrogen-bond acceptors (Lipinski definition) is 5. The van der Waals surface area contributed by atoms with Crippen LogP contribution in [0.1, 0.15) is 38.7 Å². The number of ether oxygens (including phenoxy) is 1. The lowest BCUT2D eigenvalue weighted by Crippen LogP contribution is -2.48. The van der Waals surface area contributed by atoms with E-state index in [9.17, 15) is 14.4 Å². The van der Waals surface area contributed by atoms with Crippen LogP contribution in [0.2, 0.25) is 0 Å². The zero-order valence-electron chi connectivity index (χ0n) is 15.4. The Balaban J connectivity index is 1.77. The molecule has 3 rings (SSSR count). The van der Waals surface area contributed by atoms with Crippen molar-refractivity contribution in [2.45, 2.75) is 45.6 Å². The molecular weight excluding hydrogens is 332 g/mol. The lowest BCUT2D eigenvalue weighted by molar-refractivity contribution is -0.150. The number of amides is 2. The Morgan fingerprint density at radius 1 is 1.23 bits per heavy atom. The molecule has 2 heterocycles. The Hall–Kier alpha value is -2.21. The van der Waals surface area contributed by atoms with Crippen LogP contribution in [0.3, 0.4) is 0 Å². The summed E-state index contributed by atoms with van der Waals surface area (Å²) in [5.41, 5.74) is 1.67. The third-order valence-electron chi connectivity index (χ3n) is 5.25. The maximum absolute atomic E-state index is 13.0. The van der Waals surface area contributed by atoms with Crippen LogP contribution in [0.5, 0.6) is 0 Å². The highest BCUT2D eigenvalue weighted by molar-refractivity contribution is 6.22. The number of piperidine rings is 1. The van der Waals surface area contributed by atoms with Gasteiger partial charge in [0.05, 0.1) is 30.7 Å². The van der Waals surface area contributed by atoms with Crippen LogP contribution in [-0.4, -0.2) is 48.4 Å². The molecule has 2 amide bonds. The third kappa shape index (κ3) is 3.51. The SMILES string of the molecule is CCOC(=O)[C@H]1CCCN([C@H]2CC(=O)N(c3ccccc3CC)C2=O)C1. The van der Waals surface area contributed by atoms with Crippen LogP contribution in [0, 0.1) is 5.92 Å². The minimum atomic E-state index is -0.482. The first-order chi connectivity index (χ1) is 12.6. The third-order valence-corrected chi connectivity index (χ3v) is 5.25. The van der Waals surface area contributed by atoms with Crippen molar-refractivity contribution in [2.24, 2.45) is 5.92 Å². The second-order valence-electron chi connectivity index (χ2n) is 6.86. The molecule has 0 aliphatic carbocycles. The van der Waals surface area contributed by atoms with E-state index in [0.29, 0.717) is 18.8 Å². The molecule has 26 heavy (non-hydrogen) atoms. The highest BCUT2D eigenvalue weighted by atomic mass is 16.5. The molecule has 2 atom stereocenters. The number of anilines is 1. The Kier molecular flexibility index (Phi) is 5.71. The van der Waals surface area contributed by atoms with Gasteiger partial charge in [-0.2, -0.15) is 0 Å². The number of aryl methyl sites for hydroxylation is 1. The molecule has 1 aromatic rings. The number of hydrogen-bond donors (Lipinski definition) is 0. The van der Waals surface area contributed by atoms with Gasteiger partial charge in [-0.15, -0.1) is 0 Å². The van der Waals surface area contributed by atoms with Crippen LogP contribution in [0.25, 0.3) is 0 Å². The molecule has 0 aromatic heterocycles. The number of esters is 1. The van der Waals surface area contributed by atoms with Gasteiger partial charge in [-0.1, -0.05) is 25.1 Å². The molecular formula is C20H26N2O4. The first kappa shape index (κ1) is 18.6. The van der Waals surface area contributed by atoms with Gasteiger partial charge >= 0.3 is 5.97 Å². The van der Waals surface area contributed by atoms with E-state index in [1.165, 1.54) is 4.90 Å². The van der Waals surface area contributed by atoms with E-state index in [0.717, 1.165) is 31.4 Å². The van der Waals surface area contributed by atoms with E-state index in [4.69, 9.17) is 4.74 Å². The van der Waals surface area contributed by atoms with E-state index < -0.39 is 6.04 Å². The van der Waals surface area contributed by atoms with E-state index in [-0.39, 0.29) is 30.1 Å². The Bertz CT molecular complexity index is 703. The molecule has 2 aliphatic rings. The summed E-state index contributed by atoms with van der Waals surface area (Å²) in [7, 11) is 0. The summed E-state index contributed by atoms with van der Waals surface area (Å²) < 4.78 is 5.13. The van der Waals surface area contributed by atoms with Crippen LogP contribution in [0.15, 0.2) is 24.3 Å². The van der Waals surface area contributed by atoms with E-state index in [1.807, 2.05) is 36.1 Å². The second kappa shape index (κ2) is 7.99. The maximum atomic E-state index is 13.0. The van der Waals surface area contributed by atoms with Gasteiger partial charge in [0, 0.05) is 6.54 Å². The molecule has 6 nitrogen and oxygen atoms in total. The van der Waals surface area contributed by atoms with Crippen LogP contribution in [-0.2, 0) is 25.5 Å². The minimum Gasteiger partial charge on any atom is -0.466 e. The standard InChI is InChI=1S/C20H26N2O4/c1-3-14-8-5-6-10-16(14)22-18(23)12-17(19(22)24)21-11-7-9-15(13-21)20(25)26-4-2/h5-6,8,10,15,17H,3-4,7,9,11-13H2,1-2H3/t15-,17-/m0/s1. The van der Waals surface area contributed by atoms with Crippen molar-refractivity contribution < 1.29 is 19.1 Å². The van der Waals surface area contributed by atoms with Gasteiger partial charge in [0.15, 0.2) is 0 Å². The molecule has 0 bridgehead atoms. The number of carbonyl (C=O) groups is 3. The molecule has 140 valence electrons. The lowest BCUT2D eigenvalue weighted by atomic mass is 9.96. The minimum absolute atomic E-state index is 0.167. The number of likely N-dealkylation sites (tertiary alicyclic amines) is 1. The average Bonchev–Trinajstić information content (AvgIpc) is 2.96. The molecule has 0 spiro atoms. The summed E-state index contributed by atoms with van der Waals surface area (Å²) in [5.74, 6) is -0.773. The summed E-state index contributed by atoms with van der Waals surface area (Å²) >= 11 is 0. The zero-order chi connectivity index (χ0) is 18.7. The van der Waals surface area contributed by atoms with Gasteiger partial charge in [0.1, 0.15) is 0 Å². The first-order valence-corrected chi connectivity index (χ1v) is 9.42. The fourth-order valence-corrected chi connectivity index (χ4v) is 3.92. The van der Waals surface area contributed by atoms with Crippen molar-refractivity contribution in [3.8, 4) is 0 Å². The molecule has 2 saturated heterocycles. The van der Waals surface area contributed by atoms with Crippen molar-refractivity contribution in [1.29, 1.82) is 0 Å². The number of para-hydroxylation sites is 1. The molecule has 0 saturated carbocycles. The van der Waals surface area contributed by atoms with Crippen LogP contribution < -0.4 is 4.90 Å². The smallest absolute Gasteiger partial charge is 0.310 e. The number of rotatable bonds is 5. The Morgan fingerprint density at radius 2 is 2.00 bits per heavy atom. The van der Waals surface area contributed by atoms with Gasteiger partial charge in [0.2, 0.25) is 5.91 Å². The van der Waals surface area contributed by atoms with Gasteiger partial charge in [-0.25, -0.2) is 4.90 Å². The Morgan fingerprint density at radius 3 is 2.73 bits per heavy atom. The lowest BCUT2D eigenvalue weighted by Gasteiger charge is -2.34. The number of nitrogens with zero attached hydrogens (tertiary/aromatic N) is 2. The topological polar surface area (TPSA) is 66.9 Å². The number of carbonyl (C=O) groups excluding carboxylic acids is 3. The van der Waals surface area contributed by atoms with E-state index in [1.54, 1.807) is 6.92 Å². The van der Waals surface area contributed by atoms with Crippen molar-refractivity contribution in [3.63, 3.8) is 0 Å². The predicted molar refractivity (Wildman–Crippen MR) is 97.6 cm³/mol. The summed E-state index contributed by atoms with van der Waals surface area (Å²) in [5, 5.41) is 0. The fraction of sp³-hybridized carbons (Fsp3) is 0.550. The van der Waals surface area contributed by atoms with Gasteiger partial charge in [-0.3, -0.25) is 19.3 Å². The predicted octanol–water partition coefficient (Wildman–Crippen LogP) is 2.16. The van der Waals surface area contributed by atoms with Crippen molar-refractivity contribution in [1.82, 2.24) is 4.90 Å². The van der Waals surface area contributed by atoms with E-state index in [2.05, 4.69) is 0 Å². The van der Waals surface area contributed by atoms with Gasteiger partial charge in [0.25, 0.3) is 5.91 Å². The summed E-state index contributed by atoms with van der Waals surface area (Å²) in [6.45, 7) is 5.36. The van der Waals surface area contributed by atoms with Crippen LogP contribution in [0.4, 0.5) is 5.69 Å². The highest BCUT2D eigenvalue weighted by Gasteiger charge is 2.44. The largest absolute Gasteiger partial charge is 0.466 e. The molecule has 6 heteroatoms. The molecule has 2 fully saturated rings. The molecule has 0 radical (unpaired) electrons. The first-order valence-electron chi connectivity index (χ1n) is 9.42. The quantitative estimate of drug-likeness (QED) is 0.596. The maximum Gasteiger partial charge on any atom is 0.310 e. The van der Waals surface area contributed by atoms with Gasteiger partial charge in [-0.05, 0) is 44.4 Å². The van der Waals surface area contributed by atoms with Gasteiger partial charge < -0.3 is 4.74 Å². The summed E-state index contributed by atoms with van der Waals surface area (Å²) in [6, 6.07) is 7.05. The normalized spacial score (nSPS) is 24.2. The zero-order valence-corrected chi connectivity index (χ0v) is 15.4. The van der Waals surface area contributed by atoms with Crippen LogP contribution >= 0.6 is 0 Å². The fourth-order valence-electron chi connectivity index (χ4n) is 3.92. The molecule has 2 aliphatic heterocycles. The summed E-state index contributed by atoms with van der Waals surface area (Å²) in [4.78, 5) is 41.0. The Labute approximate surface area is 154 Å². The van der Waals surface area contributed by atoms with E-state index >= 15 is 0 Å². The number of benzene rings is 1. The monoisotopic (exact) mass is 358 g/mol. The summed E-state index contributed by atoms with van der Waals surface area (Å²) in [6.07, 6.45) is 2.53. The number of imide groups is 1. The van der Waals surface area contributed by atoms with Crippen molar-refractivity contribution >= 4 is 23.5 Å². The van der Waals surface area contributed by atoms with Crippen molar-refractivity contribution in [2.75, 3.05) is 24.6 Å². The van der Waals surface area contributed by atoms with Crippen molar-refractivity contribution in [3.05, 3.63) is 29.8 Å². The second-order valence-corrected chi connectivity index (χ2v) is 6.86. The average molecular weight is 358 g/mol. The molecule has 1 aromatic carbocycles. The molecule has 0 unspecified atom stereocenters. The highest BCUT2D eigenvalue weighted by Crippen LogP contribution is 2.31.